The molecule has 8 rings (SSSR count). The Balaban J connectivity index is 1.27. The molecule has 0 spiro atoms. The predicted molar refractivity (Wildman–Crippen MR) is 232 cm³/mol. The molecule has 322 valence electrons. The number of nitrogens with zero attached hydrogens (tertiary/aromatic N) is 5. The van der Waals surface area contributed by atoms with Crippen LogP contribution in [0.15, 0.2) is 41.9 Å². The standard InChI is InChI=1S/C46H61N7O6S/c1-8-52-36-16-15-30-23-32(36)33(40(52)31-13-11-17-47-38(31)29(4)57-7)24-46(5,6)26-59-45(56)34-14-12-20-53(50-34)44(55)39(49-42(54)37-27(2)28(37)3)41(43-48-35(30)25-60-43)58-22-21-51-18-9-10-19-51/h11,13,15-17,23,25,27-29,34,37,39,41,50H,8-10,12,14,18-22,24,26H2,1-7H3,(H,49,54)/t27-,28+,29-,34-,37?,39-,41?/m0/s1. The molecule has 7 atom stereocenters. The number of hydrogen-bond donors (Lipinski definition) is 2. The van der Waals surface area contributed by atoms with Gasteiger partial charge in [-0.3, -0.25) is 24.4 Å². The minimum absolute atomic E-state index is 0.165. The van der Waals surface area contributed by atoms with Crippen molar-refractivity contribution < 1.29 is 28.6 Å². The van der Waals surface area contributed by atoms with Gasteiger partial charge in [-0.1, -0.05) is 33.8 Å². The van der Waals surface area contributed by atoms with Crippen molar-refractivity contribution in [2.75, 3.05) is 46.5 Å². The number of ether oxygens (including phenoxy) is 3. The summed E-state index contributed by atoms with van der Waals surface area (Å²) in [6.45, 7) is 16.9. The normalized spacial score (nSPS) is 26.5. The molecule has 2 N–H and O–H groups in total. The Morgan fingerprint density at radius 2 is 1.90 bits per heavy atom. The summed E-state index contributed by atoms with van der Waals surface area (Å²) in [4.78, 5) is 55.1. The highest BCUT2D eigenvalue weighted by Gasteiger charge is 2.50. The monoisotopic (exact) mass is 839 g/mol. The van der Waals surface area contributed by atoms with Gasteiger partial charge in [0.1, 0.15) is 23.2 Å². The maximum absolute atomic E-state index is 14.8. The molecule has 1 saturated carbocycles. The minimum atomic E-state index is -1.08. The molecular formula is C46H61N7O6S. The Labute approximate surface area is 357 Å². The Kier molecular flexibility index (Phi) is 12.5. The molecule has 4 aromatic rings. The number of carbonyl (C=O) groups is 3. The van der Waals surface area contributed by atoms with Crippen molar-refractivity contribution in [3.63, 3.8) is 0 Å². The van der Waals surface area contributed by atoms with Crippen molar-refractivity contribution in [1.82, 2.24) is 35.2 Å². The Morgan fingerprint density at radius 3 is 2.63 bits per heavy atom. The molecule has 2 saturated heterocycles. The van der Waals surface area contributed by atoms with E-state index in [0.29, 0.717) is 44.0 Å². The number of amides is 2. The number of nitrogens with one attached hydrogen (secondary N) is 2. The summed E-state index contributed by atoms with van der Waals surface area (Å²) >= 11 is 1.44. The van der Waals surface area contributed by atoms with Crippen LogP contribution in [0.4, 0.5) is 0 Å². The van der Waals surface area contributed by atoms with Crippen LogP contribution in [0.25, 0.3) is 33.4 Å². The number of pyridine rings is 1. The largest absolute Gasteiger partial charge is 0.464 e. The van der Waals surface area contributed by atoms with Crippen LogP contribution >= 0.6 is 11.3 Å². The highest BCUT2D eigenvalue weighted by atomic mass is 32.1. The quantitative estimate of drug-likeness (QED) is 0.166. The number of likely N-dealkylation sites (tertiary alicyclic amines) is 1. The Bertz CT molecular complexity index is 2210. The predicted octanol–water partition coefficient (Wildman–Crippen LogP) is 6.72. The van der Waals surface area contributed by atoms with Gasteiger partial charge in [0.15, 0.2) is 0 Å². The van der Waals surface area contributed by atoms with Gasteiger partial charge >= 0.3 is 5.97 Å². The topological polar surface area (TPSA) is 140 Å². The van der Waals surface area contributed by atoms with E-state index >= 15 is 0 Å². The third-order valence-electron chi connectivity index (χ3n) is 13.3. The second-order valence-electron chi connectivity index (χ2n) is 18.0. The molecular weight excluding hydrogens is 779 g/mol. The van der Waals surface area contributed by atoms with Crippen LogP contribution < -0.4 is 10.7 Å². The third kappa shape index (κ3) is 8.50. The third-order valence-corrected chi connectivity index (χ3v) is 14.2. The minimum Gasteiger partial charge on any atom is -0.464 e. The van der Waals surface area contributed by atoms with Gasteiger partial charge in [-0.25, -0.2) is 10.4 Å². The summed E-state index contributed by atoms with van der Waals surface area (Å²) in [5.41, 5.74) is 9.56. The number of methoxy groups -OCH3 is 1. The van der Waals surface area contributed by atoms with Crippen LogP contribution in [0.5, 0.6) is 0 Å². The molecule has 3 aromatic heterocycles. The lowest BCUT2D eigenvalue weighted by molar-refractivity contribution is -0.157. The van der Waals surface area contributed by atoms with Crippen molar-refractivity contribution in [3.8, 4) is 22.5 Å². The molecule has 6 bridgehead atoms. The van der Waals surface area contributed by atoms with E-state index in [4.69, 9.17) is 24.2 Å². The second-order valence-corrected chi connectivity index (χ2v) is 18.9. The van der Waals surface area contributed by atoms with E-state index in [-0.39, 0.29) is 42.3 Å². The van der Waals surface area contributed by atoms with E-state index < -0.39 is 29.6 Å². The molecule has 4 aliphatic rings. The fourth-order valence-corrected chi connectivity index (χ4v) is 10.4. The fraction of sp³-hybridized carbons (Fsp3) is 0.587. The van der Waals surface area contributed by atoms with E-state index in [1.807, 2.05) is 24.6 Å². The number of esters is 1. The number of hydrogen-bond acceptors (Lipinski definition) is 11. The highest BCUT2D eigenvalue weighted by molar-refractivity contribution is 7.10. The van der Waals surface area contributed by atoms with Gasteiger partial charge in [-0.05, 0) is 101 Å². The van der Waals surface area contributed by atoms with Gasteiger partial charge in [0.2, 0.25) is 5.91 Å². The van der Waals surface area contributed by atoms with Gasteiger partial charge < -0.3 is 29.0 Å². The zero-order valence-corrected chi connectivity index (χ0v) is 37.0. The zero-order valence-electron chi connectivity index (χ0n) is 36.2. The SMILES string of the molecule is CCn1c(-c2cccnc2[C@H](C)OC)c2c3cc(ccc31)-c1csc(n1)C(OCCN1CCCC1)[C@H](NC(=O)C1[C@@H](C)[C@H]1C)C(=O)N1CCC[C@H](N1)C(=O)OCC(C)(C)C2. The van der Waals surface area contributed by atoms with Crippen LogP contribution in [0.2, 0.25) is 0 Å². The molecule has 3 aliphatic heterocycles. The molecule has 2 unspecified atom stereocenters. The van der Waals surface area contributed by atoms with Gasteiger partial charge in [-0.2, -0.15) is 0 Å². The van der Waals surface area contributed by atoms with Gasteiger partial charge in [-0.15, -0.1) is 11.3 Å². The van der Waals surface area contributed by atoms with E-state index in [1.165, 1.54) is 16.3 Å². The van der Waals surface area contributed by atoms with Crippen LogP contribution in [-0.2, 0) is 41.6 Å². The lowest BCUT2D eigenvalue weighted by atomic mass is 9.84. The number of cyclic esters (lactones) is 1. The molecule has 3 fully saturated rings. The van der Waals surface area contributed by atoms with Crippen molar-refractivity contribution in [1.29, 1.82) is 0 Å². The van der Waals surface area contributed by atoms with Crippen molar-refractivity contribution in [2.24, 2.45) is 23.2 Å². The summed E-state index contributed by atoms with van der Waals surface area (Å²) in [6.07, 6.45) is 4.73. The number of aromatic nitrogens is 3. The molecule has 1 aliphatic carbocycles. The summed E-state index contributed by atoms with van der Waals surface area (Å²) in [5, 5.41) is 8.36. The first-order valence-electron chi connectivity index (χ1n) is 21.9. The van der Waals surface area contributed by atoms with E-state index in [2.05, 4.69) is 79.1 Å². The number of rotatable bonds is 10. The number of aryl methyl sites for hydroxylation is 1. The summed E-state index contributed by atoms with van der Waals surface area (Å²) in [6, 6.07) is 8.76. The number of benzene rings is 1. The van der Waals surface area contributed by atoms with Gasteiger partial charge in [0.05, 0.1) is 36.4 Å². The van der Waals surface area contributed by atoms with Crippen LogP contribution in [0.1, 0.15) is 95.7 Å². The van der Waals surface area contributed by atoms with Gasteiger partial charge in [0.25, 0.3) is 5.91 Å². The highest BCUT2D eigenvalue weighted by Crippen LogP contribution is 2.46. The lowest BCUT2D eigenvalue weighted by Crippen LogP contribution is -2.61. The molecule has 13 nitrogen and oxygen atoms in total. The maximum atomic E-state index is 14.8. The summed E-state index contributed by atoms with van der Waals surface area (Å²) in [7, 11) is 1.70. The van der Waals surface area contributed by atoms with E-state index in [9.17, 15) is 14.4 Å². The van der Waals surface area contributed by atoms with Crippen LogP contribution in [0.3, 0.4) is 0 Å². The lowest BCUT2D eigenvalue weighted by Gasteiger charge is -2.37. The van der Waals surface area contributed by atoms with E-state index in [0.717, 1.165) is 77.2 Å². The van der Waals surface area contributed by atoms with Crippen LogP contribution in [-0.4, -0.2) is 101 Å². The van der Waals surface area contributed by atoms with Crippen molar-refractivity contribution in [2.45, 2.75) is 104 Å². The molecule has 14 heteroatoms. The molecule has 0 radical (unpaired) electrons. The summed E-state index contributed by atoms with van der Waals surface area (Å²) in [5.74, 6) is -0.691. The first-order chi connectivity index (χ1) is 28.9. The number of hydrazine groups is 1. The zero-order chi connectivity index (χ0) is 42.3. The van der Waals surface area contributed by atoms with E-state index in [1.54, 1.807) is 7.11 Å². The smallest absolute Gasteiger partial charge is 0.324 e. The number of fused-ring (bicyclic) bond motifs is 6. The second kappa shape index (κ2) is 17.6. The summed E-state index contributed by atoms with van der Waals surface area (Å²) < 4.78 is 21.0. The van der Waals surface area contributed by atoms with Gasteiger partial charge in [0, 0.05) is 71.7 Å². The molecule has 1 aromatic carbocycles. The Morgan fingerprint density at radius 1 is 1.12 bits per heavy atom. The van der Waals surface area contributed by atoms with Crippen LogP contribution in [0, 0.1) is 23.2 Å². The van der Waals surface area contributed by atoms with Crippen molar-refractivity contribution in [3.05, 3.63) is 58.2 Å². The maximum Gasteiger partial charge on any atom is 0.324 e. The first-order valence-corrected chi connectivity index (χ1v) is 22.7. The molecule has 6 heterocycles. The van der Waals surface area contributed by atoms with Crippen molar-refractivity contribution >= 4 is 40.0 Å². The average molecular weight is 840 g/mol. The number of thiazole rings is 1. The average Bonchev–Trinajstić information content (AvgIpc) is 3.76. The molecule has 60 heavy (non-hydrogen) atoms. The fourth-order valence-electron chi connectivity index (χ4n) is 9.46. The number of carbonyl (C=O) groups excluding carboxylic acids is 3. The molecule has 2 amide bonds. The first kappa shape index (κ1) is 42.5. The Hall–Kier alpha value is -4.21.